The van der Waals surface area contributed by atoms with Crippen LogP contribution >= 0.6 is 0 Å². The van der Waals surface area contributed by atoms with E-state index in [9.17, 15) is 19.5 Å². The predicted molar refractivity (Wildman–Crippen MR) is 79.6 cm³/mol. The first-order valence-corrected chi connectivity index (χ1v) is 7.36. The van der Waals surface area contributed by atoms with Crippen LogP contribution in [0.15, 0.2) is 24.3 Å². The number of amides is 2. The summed E-state index contributed by atoms with van der Waals surface area (Å²) in [6.45, 7) is 0.892. The molecule has 1 aliphatic carbocycles. The van der Waals surface area contributed by atoms with E-state index in [4.69, 9.17) is 0 Å². The number of benzene rings is 1. The number of rotatable bonds is 3. The van der Waals surface area contributed by atoms with Gasteiger partial charge in [0, 0.05) is 25.8 Å². The summed E-state index contributed by atoms with van der Waals surface area (Å²) < 4.78 is 0. The van der Waals surface area contributed by atoms with Gasteiger partial charge in [0.25, 0.3) is 0 Å². The van der Waals surface area contributed by atoms with Gasteiger partial charge < -0.3 is 14.9 Å². The molecule has 1 aromatic rings. The highest BCUT2D eigenvalue weighted by molar-refractivity contribution is 6.40. The minimum Gasteiger partial charge on any atom is -0.481 e. The summed E-state index contributed by atoms with van der Waals surface area (Å²) in [5, 5.41) is 9.53. The highest BCUT2D eigenvalue weighted by Gasteiger charge is 2.46. The lowest BCUT2D eigenvalue weighted by Gasteiger charge is -2.39. The lowest BCUT2D eigenvalue weighted by Crippen LogP contribution is -2.53. The summed E-state index contributed by atoms with van der Waals surface area (Å²) in [4.78, 5) is 38.4. The van der Waals surface area contributed by atoms with Crippen molar-refractivity contribution in [2.75, 3.05) is 25.0 Å². The van der Waals surface area contributed by atoms with Gasteiger partial charge in [0.15, 0.2) is 0 Å². The summed E-state index contributed by atoms with van der Waals surface area (Å²) in [5.41, 5.74) is 0.467. The number of aliphatic carboxylic acids is 1. The van der Waals surface area contributed by atoms with Crippen molar-refractivity contribution >= 4 is 23.5 Å². The molecule has 3 rings (SSSR count). The third-order valence-corrected chi connectivity index (χ3v) is 4.76. The lowest BCUT2D eigenvalue weighted by molar-refractivity contribution is -0.147. The number of hydrogen-bond acceptors (Lipinski definition) is 3. The minimum absolute atomic E-state index is 0.421. The molecule has 0 radical (unpaired) electrons. The average molecular weight is 302 g/mol. The van der Waals surface area contributed by atoms with Gasteiger partial charge in [-0.3, -0.25) is 14.4 Å². The molecule has 1 saturated carbocycles. The van der Waals surface area contributed by atoms with E-state index in [1.807, 2.05) is 0 Å². The van der Waals surface area contributed by atoms with Crippen LogP contribution in [0.4, 0.5) is 5.69 Å². The Labute approximate surface area is 128 Å². The Morgan fingerprint density at radius 1 is 1.18 bits per heavy atom. The number of carboxylic acids is 1. The number of piperazine rings is 1. The second-order valence-corrected chi connectivity index (χ2v) is 5.97. The third kappa shape index (κ3) is 2.06. The van der Waals surface area contributed by atoms with Gasteiger partial charge in [0.05, 0.1) is 5.41 Å². The number of nitrogens with zero attached hydrogens (tertiary/aromatic N) is 2. The fraction of sp³-hybridized carbons (Fsp3) is 0.438. The molecule has 6 heteroatoms. The number of anilines is 1. The number of carbonyl (C=O) groups excluding carboxylic acids is 2. The van der Waals surface area contributed by atoms with E-state index >= 15 is 0 Å². The lowest BCUT2D eigenvalue weighted by atomic mass is 9.64. The number of carbonyl (C=O) groups is 3. The Kier molecular flexibility index (Phi) is 3.39. The van der Waals surface area contributed by atoms with Gasteiger partial charge in [-0.1, -0.05) is 18.6 Å². The maximum Gasteiger partial charge on any atom is 0.316 e. The molecule has 1 aromatic carbocycles. The van der Waals surface area contributed by atoms with Crippen LogP contribution in [0.25, 0.3) is 0 Å². The van der Waals surface area contributed by atoms with Crippen molar-refractivity contribution in [2.45, 2.75) is 24.7 Å². The van der Waals surface area contributed by atoms with Gasteiger partial charge in [0.2, 0.25) is 0 Å². The molecule has 1 heterocycles. The smallest absolute Gasteiger partial charge is 0.316 e. The Morgan fingerprint density at radius 3 is 2.50 bits per heavy atom. The maximum absolute atomic E-state index is 12.1. The zero-order valence-corrected chi connectivity index (χ0v) is 12.4. The Hall–Kier alpha value is -2.37. The summed E-state index contributed by atoms with van der Waals surface area (Å²) in [7, 11) is 1.60. The molecule has 6 nitrogen and oxygen atoms in total. The first kappa shape index (κ1) is 14.6. The minimum atomic E-state index is -0.838. The Bertz CT molecular complexity index is 651. The van der Waals surface area contributed by atoms with Crippen molar-refractivity contribution in [1.82, 2.24) is 4.90 Å². The van der Waals surface area contributed by atoms with E-state index in [1.165, 1.54) is 9.80 Å². The molecule has 0 spiro atoms. The van der Waals surface area contributed by atoms with E-state index in [0.717, 1.165) is 6.42 Å². The van der Waals surface area contributed by atoms with Crippen LogP contribution in [0, 0.1) is 0 Å². The zero-order chi connectivity index (χ0) is 15.9. The van der Waals surface area contributed by atoms with Crippen LogP contribution in [0.5, 0.6) is 0 Å². The van der Waals surface area contributed by atoms with Gasteiger partial charge in [-0.25, -0.2) is 0 Å². The zero-order valence-electron chi connectivity index (χ0n) is 12.4. The van der Waals surface area contributed by atoms with Gasteiger partial charge in [-0.15, -0.1) is 0 Å². The number of carboxylic acid groups (broad SMARTS) is 1. The van der Waals surface area contributed by atoms with E-state index in [0.29, 0.717) is 37.2 Å². The topological polar surface area (TPSA) is 77.9 Å². The van der Waals surface area contributed by atoms with Crippen LogP contribution in [-0.2, 0) is 19.8 Å². The molecule has 2 aliphatic rings. The molecule has 2 amide bonds. The van der Waals surface area contributed by atoms with Crippen LogP contribution in [0.2, 0.25) is 0 Å². The molecule has 0 atom stereocenters. The normalized spacial score (nSPS) is 20.8. The Balaban J connectivity index is 1.93. The molecule has 0 bridgehead atoms. The SMILES string of the molecule is CN1CCN(c2cccc(C3(C(=O)O)CCC3)c2)C(=O)C1=O. The fourth-order valence-corrected chi connectivity index (χ4v) is 3.11. The molecule has 1 N–H and O–H groups in total. The summed E-state index contributed by atoms with van der Waals surface area (Å²) >= 11 is 0. The molecule has 0 aromatic heterocycles. The van der Waals surface area contributed by atoms with Crippen molar-refractivity contribution in [3.63, 3.8) is 0 Å². The molecule has 22 heavy (non-hydrogen) atoms. The van der Waals surface area contributed by atoms with E-state index < -0.39 is 23.2 Å². The van der Waals surface area contributed by atoms with Crippen LogP contribution in [0.1, 0.15) is 24.8 Å². The largest absolute Gasteiger partial charge is 0.481 e. The highest BCUT2D eigenvalue weighted by atomic mass is 16.4. The van der Waals surface area contributed by atoms with Crippen molar-refractivity contribution in [3.8, 4) is 0 Å². The standard InChI is InChI=1S/C16H18N2O4/c1-17-8-9-18(14(20)13(17)19)12-5-2-4-11(10-12)16(15(21)22)6-3-7-16/h2,4-5,10H,3,6-9H2,1H3,(H,21,22). The average Bonchev–Trinajstić information content (AvgIpc) is 2.44. The number of likely N-dealkylation sites (N-methyl/N-ethyl adjacent to an activating group) is 1. The molecular formula is C16H18N2O4. The fourth-order valence-electron chi connectivity index (χ4n) is 3.11. The highest BCUT2D eigenvalue weighted by Crippen LogP contribution is 2.44. The third-order valence-electron chi connectivity index (χ3n) is 4.76. The van der Waals surface area contributed by atoms with Crippen LogP contribution in [0.3, 0.4) is 0 Å². The van der Waals surface area contributed by atoms with Gasteiger partial charge >= 0.3 is 17.8 Å². The molecule has 116 valence electrons. The van der Waals surface area contributed by atoms with Crippen molar-refractivity contribution < 1.29 is 19.5 Å². The van der Waals surface area contributed by atoms with Crippen molar-refractivity contribution in [2.24, 2.45) is 0 Å². The summed E-state index contributed by atoms with van der Waals surface area (Å²) in [6, 6.07) is 7.03. The van der Waals surface area contributed by atoms with Crippen molar-refractivity contribution in [1.29, 1.82) is 0 Å². The quantitative estimate of drug-likeness (QED) is 0.845. The molecule has 1 saturated heterocycles. The van der Waals surface area contributed by atoms with Gasteiger partial charge in [-0.05, 0) is 30.5 Å². The molecule has 1 aliphatic heterocycles. The van der Waals surface area contributed by atoms with E-state index in [1.54, 1.807) is 31.3 Å². The summed E-state index contributed by atoms with van der Waals surface area (Å²) in [6.07, 6.45) is 2.12. The van der Waals surface area contributed by atoms with Crippen LogP contribution in [-0.4, -0.2) is 47.9 Å². The Morgan fingerprint density at radius 2 is 1.91 bits per heavy atom. The molecule has 0 unspecified atom stereocenters. The summed E-state index contributed by atoms with van der Waals surface area (Å²) in [5.74, 6) is -1.92. The second kappa shape index (κ2) is 5.12. The predicted octanol–water partition coefficient (Wildman–Crippen LogP) is 0.998. The van der Waals surface area contributed by atoms with Crippen LogP contribution < -0.4 is 4.90 Å². The van der Waals surface area contributed by atoms with E-state index in [-0.39, 0.29) is 0 Å². The molecular weight excluding hydrogens is 284 g/mol. The molecule has 2 fully saturated rings. The second-order valence-electron chi connectivity index (χ2n) is 5.97. The first-order chi connectivity index (χ1) is 10.5. The van der Waals surface area contributed by atoms with Gasteiger partial charge in [-0.2, -0.15) is 0 Å². The van der Waals surface area contributed by atoms with Crippen molar-refractivity contribution in [3.05, 3.63) is 29.8 Å². The van der Waals surface area contributed by atoms with Gasteiger partial charge in [0.1, 0.15) is 0 Å². The number of hydrogen-bond donors (Lipinski definition) is 1. The van der Waals surface area contributed by atoms with E-state index in [2.05, 4.69) is 0 Å². The maximum atomic E-state index is 12.1. The first-order valence-electron chi connectivity index (χ1n) is 7.36. The monoisotopic (exact) mass is 302 g/mol.